The Bertz CT molecular complexity index is 297. The van der Waals surface area contributed by atoms with Gasteiger partial charge in [0, 0.05) is 0 Å². The molecule has 0 aromatic carbocycles. The lowest BCUT2D eigenvalue weighted by Crippen LogP contribution is -1.93. The molecule has 0 radical (unpaired) electrons. The molecule has 0 aliphatic rings. The Balaban J connectivity index is 2.51. The molecule has 1 aromatic rings. The van der Waals surface area contributed by atoms with Crippen molar-refractivity contribution in [3.8, 4) is 0 Å². The topological polar surface area (TPSA) is 12.9 Å². The van der Waals surface area contributed by atoms with Crippen molar-refractivity contribution in [1.29, 1.82) is 0 Å². The quantitative estimate of drug-likeness (QED) is 0.702. The molecule has 0 saturated heterocycles. The fourth-order valence-electron chi connectivity index (χ4n) is 1.33. The lowest BCUT2D eigenvalue weighted by atomic mass is 10.0. The first kappa shape index (κ1) is 11.8. The number of rotatable bonds is 4. The van der Waals surface area contributed by atoms with Crippen molar-refractivity contribution in [3.63, 3.8) is 0 Å². The third-order valence-corrected chi connectivity index (χ3v) is 2.66. The maximum Gasteiger partial charge on any atom is 0.134 e. The van der Waals surface area contributed by atoms with E-state index < -0.39 is 0 Å². The largest absolute Gasteiger partial charge is 0.224 e. The van der Waals surface area contributed by atoms with E-state index in [1.54, 1.807) is 6.07 Å². The van der Waals surface area contributed by atoms with Crippen LogP contribution in [-0.2, 0) is 6.42 Å². The van der Waals surface area contributed by atoms with Gasteiger partial charge in [0.25, 0.3) is 0 Å². The number of nitrogens with zero attached hydrogens (tertiary/aromatic N) is 1. The minimum Gasteiger partial charge on any atom is -0.224 e. The van der Waals surface area contributed by atoms with Gasteiger partial charge in [-0.3, -0.25) is 0 Å². The second kappa shape index (κ2) is 5.57. The van der Waals surface area contributed by atoms with Crippen LogP contribution in [0.2, 0.25) is 10.3 Å². The normalized spacial score (nSPS) is 10.9. The highest BCUT2D eigenvalue weighted by atomic mass is 35.5. The van der Waals surface area contributed by atoms with Gasteiger partial charge < -0.3 is 0 Å². The summed E-state index contributed by atoms with van der Waals surface area (Å²) >= 11 is 11.7. The van der Waals surface area contributed by atoms with Gasteiger partial charge in [-0.05, 0) is 30.4 Å². The average molecular weight is 232 g/mol. The Morgan fingerprint density at radius 3 is 2.57 bits per heavy atom. The molecule has 1 aromatic heterocycles. The van der Waals surface area contributed by atoms with Crippen LogP contribution in [0, 0.1) is 5.92 Å². The van der Waals surface area contributed by atoms with Crippen molar-refractivity contribution >= 4 is 23.2 Å². The van der Waals surface area contributed by atoms with Crippen molar-refractivity contribution in [3.05, 3.63) is 28.0 Å². The van der Waals surface area contributed by atoms with Gasteiger partial charge in [-0.1, -0.05) is 49.5 Å². The third kappa shape index (κ3) is 3.85. The number of pyridine rings is 1. The van der Waals surface area contributed by atoms with Crippen LogP contribution in [0.5, 0.6) is 0 Å². The van der Waals surface area contributed by atoms with Crippen LogP contribution in [0.25, 0.3) is 0 Å². The summed E-state index contributed by atoms with van der Waals surface area (Å²) in [4.78, 5) is 4.00. The summed E-state index contributed by atoms with van der Waals surface area (Å²) in [5.41, 5.74) is 1.09. The van der Waals surface area contributed by atoms with E-state index in [2.05, 4.69) is 18.8 Å². The monoisotopic (exact) mass is 231 g/mol. The van der Waals surface area contributed by atoms with Gasteiger partial charge in [0.05, 0.1) is 0 Å². The molecule has 1 rings (SSSR count). The first-order valence-corrected chi connectivity index (χ1v) is 5.66. The molecular weight excluding hydrogens is 217 g/mol. The fourth-order valence-corrected chi connectivity index (χ4v) is 1.77. The van der Waals surface area contributed by atoms with Crippen molar-refractivity contribution in [2.75, 3.05) is 0 Å². The Morgan fingerprint density at radius 2 is 2.00 bits per heavy atom. The van der Waals surface area contributed by atoms with Crippen LogP contribution < -0.4 is 0 Å². The maximum atomic E-state index is 5.95. The van der Waals surface area contributed by atoms with Crippen molar-refractivity contribution in [2.24, 2.45) is 5.92 Å². The fraction of sp³-hybridized carbons (Fsp3) is 0.545. The number of halogens is 2. The van der Waals surface area contributed by atoms with Crippen molar-refractivity contribution < 1.29 is 0 Å². The minimum absolute atomic E-state index is 0.461. The summed E-state index contributed by atoms with van der Waals surface area (Å²) in [6, 6.07) is 3.75. The third-order valence-electron chi connectivity index (χ3n) is 2.12. The SMILES string of the molecule is CC(C)CCCc1ccc(Cl)nc1Cl. The van der Waals surface area contributed by atoms with E-state index in [1.807, 2.05) is 6.07 Å². The van der Waals surface area contributed by atoms with Gasteiger partial charge in [-0.25, -0.2) is 4.98 Å². The van der Waals surface area contributed by atoms with Crippen molar-refractivity contribution in [2.45, 2.75) is 33.1 Å². The zero-order valence-electron chi connectivity index (χ0n) is 8.56. The molecule has 0 aliphatic heterocycles. The van der Waals surface area contributed by atoms with Gasteiger partial charge in [0.1, 0.15) is 10.3 Å². The molecule has 1 nitrogen and oxygen atoms in total. The summed E-state index contributed by atoms with van der Waals surface area (Å²) in [5.74, 6) is 0.744. The lowest BCUT2D eigenvalue weighted by Gasteiger charge is -2.05. The predicted octanol–water partition coefficient (Wildman–Crippen LogP) is 4.37. The van der Waals surface area contributed by atoms with Crippen LogP contribution in [0.4, 0.5) is 0 Å². The summed E-state index contributed by atoms with van der Waals surface area (Å²) < 4.78 is 0. The van der Waals surface area contributed by atoms with Crippen molar-refractivity contribution in [1.82, 2.24) is 4.98 Å². The van der Waals surface area contributed by atoms with Crippen LogP contribution in [0.3, 0.4) is 0 Å². The standard InChI is InChI=1S/C11H15Cl2N/c1-8(2)4-3-5-9-6-7-10(12)14-11(9)13/h6-8H,3-5H2,1-2H3. The molecule has 0 unspecified atom stereocenters. The number of aryl methyl sites for hydroxylation is 1. The molecule has 0 N–H and O–H groups in total. The molecule has 0 atom stereocenters. The molecule has 3 heteroatoms. The van der Waals surface area contributed by atoms with E-state index in [0.29, 0.717) is 10.3 Å². The molecular formula is C11H15Cl2N. The first-order chi connectivity index (χ1) is 6.59. The van der Waals surface area contributed by atoms with E-state index in [0.717, 1.165) is 24.3 Å². The number of hydrogen-bond acceptors (Lipinski definition) is 1. The molecule has 0 spiro atoms. The zero-order valence-corrected chi connectivity index (χ0v) is 10.1. The van der Waals surface area contributed by atoms with E-state index >= 15 is 0 Å². The Hall–Kier alpha value is -0.270. The van der Waals surface area contributed by atoms with Gasteiger partial charge >= 0.3 is 0 Å². The van der Waals surface area contributed by atoms with Crippen LogP contribution in [-0.4, -0.2) is 4.98 Å². The van der Waals surface area contributed by atoms with Crippen LogP contribution >= 0.6 is 23.2 Å². The molecule has 14 heavy (non-hydrogen) atoms. The van der Waals surface area contributed by atoms with E-state index in [-0.39, 0.29) is 0 Å². The molecule has 0 saturated carbocycles. The molecule has 0 aliphatic carbocycles. The smallest absolute Gasteiger partial charge is 0.134 e. The molecule has 0 fully saturated rings. The van der Waals surface area contributed by atoms with Crippen LogP contribution in [0.1, 0.15) is 32.3 Å². The van der Waals surface area contributed by atoms with Gasteiger partial charge in [0.15, 0.2) is 0 Å². The zero-order chi connectivity index (χ0) is 10.6. The number of aromatic nitrogens is 1. The Kier molecular flexibility index (Phi) is 4.70. The summed E-state index contributed by atoms with van der Waals surface area (Å²) in [6.07, 6.45) is 3.36. The van der Waals surface area contributed by atoms with Crippen LogP contribution in [0.15, 0.2) is 12.1 Å². The highest BCUT2D eigenvalue weighted by molar-refractivity contribution is 6.32. The summed E-state index contributed by atoms with van der Waals surface area (Å²) in [7, 11) is 0. The minimum atomic E-state index is 0.461. The molecule has 78 valence electrons. The molecule has 0 bridgehead atoms. The summed E-state index contributed by atoms with van der Waals surface area (Å²) in [5, 5.41) is 1.00. The first-order valence-electron chi connectivity index (χ1n) is 4.90. The second-order valence-corrected chi connectivity index (χ2v) is 4.62. The highest BCUT2D eigenvalue weighted by Crippen LogP contribution is 2.19. The maximum absolute atomic E-state index is 5.95. The van der Waals surface area contributed by atoms with Gasteiger partial charge in [0.2, 0.25) is 0 Å². The highest BCUT2D eigenvalue weighted by Gasteiger charge is 2.03. The van der Waals surface area contributed by atoms with E-state index in [9.17, 15) is 0 Å². The van der Waals surface area contributed by atoms with E-state index in [4.69, 9.17) is 23.2 Å². The van der Waals surface area contributed by atoms with Gasteiger partial charge in [-0.15, -0.1) is 0 Å². The van der Waals surface area contributed by atoms with Gasteiger partial charge in [-0.2, -0.15) is 0 Å². The van der Waals surface area contributed by atoms with E-state index in [1.165, 1.54) is 6.42 Å². The lowest BCUT2D eigenvalue weighted by molar-refractivity contribution is 0.555. The number of hydrogen-bond donors (Lipinski definition) is 0. The Morgan fingerprint density at radius 1 is 1.29 bits per heavy atom. The summed E-state index contributed by atoms with van der Waals surface area (Å²) in [6.45, 7) is 4.45. The molecule has 1 heterocycles. The average Bonchev–Trinajstić information content (AvgIpc) is 2.08. The predicted molar refractivity (Wildman–Crippen MR) is 62.0 cm³/mol. The molecule has 0 amide bonds. The second-order valence-electron chi connectivity index (χ2n) is 3.87. The Labute approximate surface area is 95.4 Å².